The van der Waals surface area contributed by atoms with Crippen LogP contribution < -0.4 is 11.1 Å². The fraction of sp³-hybridized carbons (Fsp3) is 0.200. The number of pyridine rings is 1. The number of halogens is 6. The Labute approximate surface area is 199 Å². The lowest BCUT2D eigenvalue weighted by Gasteiger charge is -2.14. The molecule has 1 saturated heterocycles. The van der Waals surface area contributed by atoms with Gasteiger partial charge in [-0.1, -0.05) is 29.3 Å². The van der Waals surface area contributed by atoms with Crippen molar-refractivity contribution in [1.29, 1.82) is 0 Å². The van der Waals surface area contributed by atoms with Gasteiger partial charge in [0.1, 0.15) is 11.4 Å². The van der Waals surface area contributed by atoms with Gasteiger partial charge in [-0.15, -0.1) is 0 Å². The summed E-state index contributed by atoms with van der Waals surface area (Å²) in [7, 11) is 0. The molecule has 1 fully saturated rings. The molecule has 0 bridgehead atoms. The fourth-order valence-corrected chi connectivity index (χ4v) is 3.86. The van der Waals surface area contributed by atoms with Gasteiger partial charge in [-0.05, 0) is 24.3 Å². The largest absolute Gasteiger partial charge is 0.364 e. The summed E-state index contributed by atoms with van der Waals surface area (Å²) in [5, 5.41) is 7.49. The van der Waals surface area contributed by atoms with E-state index in [1.165, 1.54) is 23.0 Å². The van der Waals surface area contributed by atoms with Crippen molar-refractivity contribution in [3.63, 3.8) is 0 Å². The summed E-state index contributed by atoms with van der Waals surface area (Å²) in [6.45, 7) is -2.82. The Morgan fingerprint density at radius 2 is 1.65 bits per heavy atom. The normalized spacial score (nSPS) is 16.5. The summed E-state index contributed by atoms with van der Waals surface area (Å²) >= 11 is 12.4. The summed E-state index contributed by atoms with van der Waals surface area (Å²) in [4.78, 5) is 28.4. The highest BCUT2D eigenvalue weighted by atomic mass is 35.5. The van der Waals surface area contributed by atoms with Crippen molar-refractivity contribution < 1.29 is 27.2 Å². The molecule has 1 aliphatic heterocycles. The predicted octanol–water partition coefficient (Wildman–Crippen LogP) is 4.14. The maximum absolute atomic E-state index is 13.4. The Morgan fingerprint density at radius 3 is 2.18 bits per heavy atom. The third-order valence-electron chi connectivity index (χ3n) is 4.98. The van der Waals surface area contributed by atoms with E-state index in [0.29, 0.717) is 10.6 Å². The molecular weight excluding hydrogens is 503 g/mol. The van der Waals surface area contributed by atoms with Crippen LogP contribution in [0.2, 0.25) is 10.0 Å². The lowest BCUT2D eigenvalue weighted by molar-refractivity contribution is -0.172. The quantitative estimate of drug-likeness (QED) is 0.495. The molecule has 2 amide bonds. The van der Waals surface area contributed by atoms with Gasteiger partial charge < -0.3 is 16.0 Å². The summed E-state index contributed by atoms with van der Waals surface area (Å²) in [5.41, 5.74) is 5.66. The lowest BCUT2D eigenvalue weighted by atomic mass is 10.2. The molecule has 178 valence electrons. The van der Waals surface area contributed by atoms with Crippen LogP contribution in [0.3, 0.4) is 0 Å². The van der Waals surface area contributed by atoms with E-state index in [4.69, 9.17) is 28.9 Å². The number of alkyl halides is 4. The average molecular weight is 517 g/mol. The summed E-state index contributed by atoms with van der Waals surface area (Å²) in [6, 6.07) is 7.29. The van der Waals surface area contributed by atoms with E-state index in [1.54, 1.807) is 18.2 Å². The lowest BCUT2D eigenvalue weighted by Crippen LogP contribution is -2.38. The molecule has 0 aliphatic carbocycles. The highest BCUT2D eigenvalue weighted by Crippen LogP contribution is 2.41. The van der Waals surface area contributed by atoms with E-state index in [-0.39, 0.29) is 32.8 Å². The number of primary amides is 1. The van der Waals surface area contributed by atoms with Gasteiger partial charge in [-0.25, -0.2) is 9.67 Å². The molecule has 1 aromatic carbocycles. The van der Waals surface area contributed by atoms with Gasteiger partial charge in [0.05, 0.1) is 46.9 Å². The maximum Gasteiger partial charge on any atom is 0.329 e. The molecule has 4 rings (SSSR count). The second-order valence-electron chi connectivity index (χ2n) is 7.40. The molecule has 3 heterocycles. The minimum atomic E-state index is -4.32. The molecule has 8 nitrogen and oxygen atoms in total. The van der Waals surface area contributed by atoms with Crippen LogP contribution in [0.25, 0.3) is 5.69 Å². The number of hydrogen-bond donors (Lipinski definition) is 2. The Hall–Kier alpha value is -3.38. The standard InChI is InChI=1S/C20H14Cl2F4N6O2/c21-11-2-1-3-12(22)16(11)32-7-14(15(30-32)17(27)33)29-10-4-5-13(28-6-10)18(34)31-8-19(23,24)20(25,26)9-31/h1-7,29H,8-9H2,(H2,27,33). The van der Waals surface area contributed by atoms with E-state index in [9.17, 15) is 27.2 Å². The first-order valence-electron chi connectivity index (χ1n) is 9.51. The number of nitrogens with one attached hydrogen (secondary N) is 1. The number of amides is 2. The number of benzene rings is 1. The molecule has 14 heteroatoms. The van der Waals surface area contributed by atoms with E-state index < -0.39 is 36.7 Å². The minimum Gasteiger partial charge on any atom is -0.364 e. The molecule has 3 N–H and O–H groups in total. The summed E-state index contributed by atoms with van der Waals surface area (Å²) in [5.74, 6) is -10.6. The predicted molar refractivity (Wildman–Crippen MR) is 115 cm³/mol. The number of para-hydroxylation sites is 1. The average Bonchev–Trinajstić information content (AvgIpc) is 3.25. The molecule has 0 radical (unpaired) electrons. The van der Waals surface area contributed by atoms with Gasteiger partial charge in [0.2, 0.25) is 0 Å². The van der Waals surface area contributed by atoms with Crippen molar-refractivity contribution >= 4 is 46.4 Å². The first-order valence-corrected chi connectivity index (χ1v) is 10.3. The number of aromatic nitrogens is 3. The third kappa shape index (κ3) is 4.26. The van der Waals surface area contributed by atoms with E-state index >= 15 is 0 Å². The molecule has 2 aromatic heterocycles. The van der Waals surface area contributed by atoms with Crippen LogP contribution in [0.1, 0.15) is 21.0 Å². The van der Waals surface area contributed by atoms with Crippen LogP contribution >= 0.6 is 23.2 Å². The molecular formula is C20H14Cl2F4N6O2. The van der Waals surface area contributed by atoms with Crippen LogP contribution in [0.15, 0.2) is 42.7 Å². The van der Waals surface area contributed by atoms with Crippen LogP contribution in [-0.4, -0.2) is 56.4 Å². The van der Waals surface area contributed by atoms with Crippen LogP contribution in [0.5, 0.6) is 0 Å². The number of anilines is 2. The van der Waals surface area contributed by atoms with E-state index in [1.807, 2.05) is 0 Å². The van der Waals surface area contributed by atoms with Crippen LogP contribution in [0, 0.1) is 0 Å². The Bertz CT molecular complexity index is 1250. The third-order valence-corrected chi connectivity index (χ3v) is 5.59. The molecule has 3 aromatic rings. The first-order chi connectivity index (χ1) is 15.9. The number of carbonyl (C=O) groups is 2. The molecule has 0 spiro atoms. The Kier molecular flexibility index (Phi) is 5.90. The second kappa shape index (κ2) is 8.44. The number of nitrogens with zero attached hydrogens (tertiary/aromatic N) is 4. The van der Waals surface area contributed by atoms with Crippen molar-refractivity contribution in [2.24, 2.45) is 5.73 Å². The topological polar surface area (TPSA) is 106 Å². The van der Waals surface area contributed by atoms with Crippen LogP contribution in [-0.2, 0) is 0 Å². The van der Waals surface area contributed by atoms with Gasteiger partial charge in [-0.2, -0.15) is 22.7 Å². The van der Waals surface area contributed by atoms with Crippen molar-refractivity contribution in [2.45, 2.75) is 11.8 Å². The second-order valence-corrected chi connectivity index (χ2v) is 8.21. The Balaban J connectivity index is 1.57. The first kappa shape index (κ1) is 23.8. The van der Waals surface area contributed by atoms with Gasteiger partial charge in [0, 0.05) is 0 Å². The van der Waals surface area contributed by atoms with Crippen LogP contribution in [0.4, 0.5) is 28.9 Å². The summed E-state index contributed by atoms with van der Waals surface area (Å²) in [6.07, 6.45) is 2.56. The number of nitrogens with two attached hydrogens (primary N) is 1. The van der Waals surface area contributed by atoms with Gasteiger partial charge >= 0.3 is 11.8 Å². The minimum absolute atomic E-state index is 0.155. The maximum atomic E-state index is 13.4. The van der Waals surface area contributed by atoms with Crippen molar-refractivity contribution in [3.8, 4) is 5.69 Å². The smallest absolute Gasteiger partial charge is 0.329 e. The number of hydrogen-bond acceptors (Lipinski definition) is 5. The van der Waals surface area contributed by atoms with E-state index in [2.05, 4.69) is 15.4 Å². The van der Waals surface area contributed by atoms with Crippen molar-refractivity contribution in [1.82, 2.24) is 19.7 Å². The van der Waals surface area contributed by atoms with Gasteiger partial charge in [0.15, 0.2) is 5.69 Å². The zero-order chi connectivity index (χ0) is 24.8. The highest BCUT2D eigenvalue weighted by molar-refractivity contribution is 6.37. The highest BCUT2D eigenvalue weighted by Gasteiger charge is 2.64. The SMILES string of the molecule is NC(=O)c1nn(-c2c(Cl)cccc2Cl)cc1Nc1ccc(C(=O)N2CC(F)(F)C(F)(F)C2)nc1. The number of rotatable bonds is 5. The molecule has 0 atom stereocenters. The molecule has 0 saturated carbocycles. The van der Waals surface area contributed by atoms with Crippen molar-refractivity contribution in [3.05, 3.63) is 64.2 Å². The summed E-state index contributed by atoms with van der Waals surface area (Å²) < 4.78 is 54.8. The van der Waals surface area contributed by atoms with E-state index in [0.717, 1.165) is 6.20 Å². The monoisotopic (exact) mass is 516 g/mol. The van der Waals surface area contributed by atoms with Crippen molar-refractivity contribution in [2.75, 3.05) is 18.4 Å². The number of likely N-dealkylation sites (tertiary alicyclic amines) is 1. The Morgan fingerprint density at radius 1 is 1.03 bits per heavy atom. The zero-order valence-corrected chi connectivity index (χ0v) is 18.4. The van der Waals surface area contributed by atoms with Gasteiger partial charge in [0.25, 0.3) is 11.8 Å². The zero-order valence-electron chi connectivity index (χ0n) is 16.9. The van der Waals surface area contributed by atoms with Gasteiger partial charge in [-0.3, -0.25) is 9.59 Å². The fourth-order valence-electron chi connectivity index (χ4n) is 3.29. The number of carbonyl (C=O) groups excluding carboxylic acids is 2. The molecule has 1 aliphatic rings. The molecule has 0 unspecified atom stereocenters. The molecule has 34 heavy (non-hydrogen) atoms.